The van der Waals surface area contributed by atoms with Crippen molar-refractivity contribution >= 4 is 40.2 Å². The number of benzene rings is 2. The van der Waals surface area contributed by atoms with Gasteiger partial charge in [-0.05, 0) is 54.9 Å². The second-order valence-corrected chi connectivity index (χ2v) is 7.11. The molecule has 0 aromatic heterocycles. The van der Waals surface area contributed by atoms with Crippen molar-refractivity contribution < 1.29 is 14.4 Å². The van der Waals surface area contributed by atoms with Crippen LogP contribution in [-0.2, 0) is 9.59 Å². The molecule has 0 spiro atoms. The maximum atomic E-state index is 12.6. The van der Waals surface area contributed by atoms with E-state index in [-0.39, 0.29) is 23.5 Å². The third-order valence-electron chi connectivity index (χ3n) is 3.95. The maximum Gasteiger partial charge on any atom is 0.293 e. The minimum atomic E-state index is -0.697. The van der Waals surface area contributed by atoms with Crippen LogP contribution in [0.15, 0.2) is 48.5 Å². The van der Waals surface area contributed by atoms with Crippen LogP contribution >= 0.6 is 11.8 Å². The highest BCUT2D eigenvalue weighted by Gasteiger charge is 2.41. The molecule has 6 heteroatoms. The quantitative estimate of drug-likeness (QED) is 0.904. The predicted molar refractivity (Wildman–Crippen MR) is 99.9 cm³/mol. The Kier molecular flexibility index (Phi) is 4.90. The molecular formula is C19H18N2O3S. The monoisotopic (exact) mass is 354 g/mol. The summed E-state index contributed by atoms with van der Waals surface area (Å²) in [5.41, 5.74) is 3.13. The number of thioether (sulfide) groups is 1. The first-order chi connectivity index (χ1) is 12.0. The van der Waals surface area contributed by atoms with Crippen molar-refractivity contribution in [2.75, 3.05) is 10.2 Å². The van der Waals surface area contributed by atoms with Crippen molar-refractivity contribution in [3.8, 4) is 0 Å². The van der Waals surface area contributed by atoms with Gasteiger partial charge in [0, 0.05) is 12.1 Å². The van der Waals surface area contributed by atoms with Gasteiger partial charge in [-0.3, -0.25) is 14.4 Å². The molecule has 2 aromatic carbocycles. The molecule has 1 saturated heterocycles. The molecule has 1 unspecified atom stereocenters. The smallest absolute Gasteiger partial charge is 0.293 e. The van der Waals surface area contributed by atoms with Gasteiger partial charge in [0.2, 0.25) is 11.8 Å². The Labute approximate surface area is 150 Å². The fourth-order valence-electron chi connectivity index (χ4n) is 2.72. The number of aryl methyl sites for hydroxylation is 2. The second kappa shape index (κ2) is 7.11. The number of carbonyl (C=O) groups excluding carboxylic acids is 3. The van der Waals surface area contributed by atoms with E-state index >= 15 is 0 Å². The standard InChI is InChI=1S/C19H18N2O3S/c1-12-6-5-8-14(10-12)20-17(22)11-16-18(23)21(19(24)25-16)15-9-4-3-7-13(15)2/h3-10,16H,11H2,1-2H3,(H,20,22). The molecule has 128 valence electrons. The lowest BCUT2D eigenvalue weighted by molar-refractivity contribution is -0.121. The average molecular weight is 354 g/mol. The van der Waals surface area contributed by atoms with Crippen LogP contribution in [0.25, 0.3) is 0 Å². The third-order valence-corrected chi connectivity index (χ3v) is 4.99. The van der Waals surface area contributed by atoms with Crippen molar-refractivity contribution in [2.24, 2.45) is 0 Å². The number of para-hydroxylation sites is 1. The summed E-state index contributed by atoms with van der Waals surface area (Å²) in [4.78, 5) is 38.3. The van der Waals surface area contributed by atoms with Gasteiger partial charge in [-0.25, -0.2) is 4.90 Å². The number of anilines is 2. The van der Waals surface area contributed by atoms with Gasteiger partial charge in [-0.2, -0.15) is 0 Å². The van der Waals surface area contributed by atoms with Crippen LogP contribution in [0.1, 0.15) is 17.5 Å². The number of amides is 3. The minimum absolute atomic E-state index is 0.0361. The fraction of sp³-hybridized carbons (Fsp3) is 0.211. The molecule has 5 nitrogen and oxygen atoms in total. The van der Waals surface area contributed by atoms with E-state index in [0.717, 1.165) is 22.9 Å². The van der Waals surface area contributed by atoms with Gasteiger partial charge in [0.25, 0.3) is 5.24 Å². The zero-order valence-corrected chi connectivity index (χ0v) is 14.8. The summed E-state index contributed by atoms with van der Waals surface area (Å²) in [6, 6.07) is 14.6. The van der Waals surface area contributed by atoms with Crippen molar-refractivity contribution in [1.82, 2.24) is 0 Å². The first-order valence-corrected chi connectivity index (χ1v) is 8.80. The van der Waals surface area contributed by atoms with Gasteiger partial charge in [0.1, 0.15) is 5.25 Å². The van der Waals surface area contributed by atoms with E-state index in [0.29, 0.717) is 11.4 Å². The van der Waals surface area contributed by atoms with Crippen LogP contribution in [0.3, 0.4) is 0 Å². The topological polar surface area (TPSA) is 66.5 Å². The van der Waals surface area contributed by atoms with Crippen LogP contribution < -0.4 is 10.2 Å². The number of carbonyl (C=O) groups is 3. The maximum absolute atomic E-state index is 12.6. The van der Waals surface area contributed by atoms with Gasteiger partial charge in [0.05, 0.1) is 5.69 Å². The molecule has 3 amide bonds. The SMILES string of the molecule is Cc1cccc(NC(=O)CC2SC(=O)N(c3ccccc3C)C2=O)c1. The van der Waals surface area contributed by atoms with Gasteiger partial charge in [-0.1, -0.05) is 30.3 Å². The van der Waals surface area contributed by atoms with E-state index in [1.165, 1.54) is 4.90 Å². The molecule has 1 aliphatic rings. The summed E-state index contributed by atoms with van der Waals surface area (Å²) in [5.74, 6) is -0.625. The zero-order valence-electron chi connectivity index (χ0n) is 14.0. The van der Waals surface area contributed by atoms with Gasteiger partial charge < -0.3 is 5.32 Å². The normalized spacial score (nSPS) is 17.0. The lowest BCUT2D eigenvalue weighted by atomic mass is 10.1. The van der Waals surface area contributed by atoms with Gasteiger partial charge in [0.15, 0.2) is 0 Å². The van der Waals surface area contributed by atoms with Crippen molar-refractivity contribution in [1.29, 1.82) is 0 Å². The molecule has 0 saturated carbocycles. The van der Waals surface area contributed by atoms with E-state index < -0.39 is 5.25 Å². The first kappa shape index (κ1) is 17.2. The van der Waals surface area contributed by atoms with E-state index in [4.69, 9.17) is 0 Å². The second-order valence-electron chi connectivity index (χ2n) is 5.95. The summed E-state index contributed by atoms with van der Waals surface area (Å²) in [5, 5.41) is 1.74. The summed E-state index contributed by atoms with van der Waals surface area (Å²) < 4.78 is 0. The number of nitrogens with one attached hydrogen (secondary N) is 1. The number of nitrogens with zero attached hydrogens (tertiary/aromatic N) is 1. The minimum Gasteiger partial charge on any atom is -0.326 e. The molecule has 0 aliphatic carbocycles. The molecule has 1 fully saturated rings. The van der Waals surface area contributed by atoms with E-state index in [9.17, 15) is 14.4 Å². The molecule has 1 atom stereocenters. The zero-order chi connectivity index (χ0) is 18.0. The lowest BCUT2D eigenvalue weighted by Gasteiger charge is -2.16. The number of hydrogen-bond donors (Lipinski definition) is 1. The lowest BCUT2D eigenvalue weighted by Crippen LogP contribution is -2.33. The van der Waals surface area contributed by atoms with Crippen LogP contribution in [0.4, 0.5) is 16.2 Å². The molecule has 0 bridgehead atoms. The van der Waals surface area contributed by atoms with Crippen molar-refractivity contribution in [3.05, 3.63) is 59.7 Å². The third kappa shape index (κ3) is 3.74. The average Bonchev–Trinajstić information content (AvgIpc) is 2.82. The number of hydrogen-bond acceptors (Lipinski definition) is 4. The molecule has 1 heterocycles. The van der Waals surface area contributed by atoms with E-state index in [1.54, 1.807) is 18.2 Å². The Bertz CT molecular complexity index is 850. The summed E-state index contributed by atoms with van der Waals surface area (Å²) in [7, 11) is 0. The van der Waals surface area contributed by atoms with Crippen LogP contribution in [-0.4, -0.2) is 22.3 Å². The largest absolute Gasteiger partial charge is 0.326 e. The van der Waals surface area contributed by atoms with Crippen LogP contribution in [0, 0.1) is 13.8 Å². The number of rotatable bonds is 4. The van der Waals surface area contributed by atoms with Gasteiger partial charge in [-0.15, -0.1) is 0 Å². The molecule has 1 aliphatic heterocycles. The molecule has 2 aromatic rings. The van der Waals surface area contributed by atoms with Crippen LogP contribution in [0.2, 0.25) is 0 Å². The van der Waals surface area contributed by atoms with E-state index in [1.807, 2.05) is 44.2 Å². The summed E-state index contributed by atoms with van der Waals surface area (Å²) in [6.07, 6.45) is -0.0361. The summed E-state index contributed by atoms with van der Waals surface area (Å²) in [6.45, 7) is 3.78. The Morgan fingerprint density at radius 3 is 2.60 bits per heavy atom. The van der Waals surface area contributed by atoms with Gasteiger partial charge >= 0.3 is 0 Å². The van der Waals surface area contributed by atoms with Crippen LogP contribution in [0.5, 0.6) is 0 Å². The molecular weight excluding hydrogens is 336 g/mol. The fourth-order valence-corrected chi connectivity index (χ4v) is 3.70. The highest BCUT2D eigenvalue weighted by atomic mass is 32.2. The first-order valence-electron chi connectivity index (χ1n) is 7.92. The molecule has 1 N–H and O–H groups in total. The highest BCUT2D eigenvalue weighted by Crippen LogP contribution is 2.34. The highest BCUT2D eigenvalue weighted by molar-refractivity contribution is 8.15. The Hall–Kier alpha value is -2.60. The predicted octanol–water partition coefficient (Wildman–Crippen LogP) is 3.90. The number of imide groups is 1. The molecule has 0 radical (unpaired) electrons. The Morgan fingerprint density at radius 2 is 1.88 bits per heavy atom. The molecule has 3 rings (SSSR count). The van der Waals surface area contributed by atoms with E-state index in [2.05, 4.69) is 5.32 Å². The van der Waals surface area contributed by atoms with Crippen molar-refractivity contribution in [2.45, 2.75) is 25.5 Å². The Morgan fingerprint density at radius 1 is 1.12 bits per heavy atom. The Balaban J connectivity index is 1.70. The molecule has 25 heavy (non-hydrogen) atoms. The van der Waals surface area contributed by atoms with Crippen molar-refractivity contribution in [3.63, 3.8) is 0 Å². The summed E-state index contributed by atoms with van der Waals surface area (Å²) >= 11 is 0.904.